The number of methoxy groups -OCH3 is 1. The number of nitrogens with one attached hydrogen (secondary N) is 2. The highest BCUT2D eigenvalue weighted by Crippen LogP contribution is 2.24. The maximum Gasteiger partial charge on any atom is 0.337 e. The van der Waals surface area contributed by atoms with Gasteiger partial charge < -0.3 is 15.4 Å². The third-order valence-corrected chi connectivity index (χ3v) is 4.47. The number of anilines is 3. The molecule has 0 saturated carbocycles. The molecular weight excluding hydrogens is 380 g/mol. The van der Waals surface area contributed by atoms with Crippen LogP contribution < -0.4 is 10.6 Å². The smallest absolute Gasteiger partial charge is 0.337 e. The van der Waals surface area contributed by atoms with E-state index in [4.69, 9.17) is 0 Å². The van der Waals surface area contributed by atoms with Gasteiger partial charge in [0.15, 0.2) is 0 Å². The highest BCUT2D eigenvalue weighted by Gasteiger charge is 2.10. The molecule has 7 heteroatoms. The van der Waals surface area contributed by atoms with E-state index >= 15 is 0 Å². The third kappa shape index (κ3) is 4.10. The summed E-state index contributed by atoms with van der Waals surface area (Å²) < 4.78 is 4.66. The van der Waals surface area contributed by atoms with E-state index in [-0.39, 0.29) is 11.6 Å². The predicted octanol–water partition coefficient (Wildman–Crippen LogP) is 4.41. The first-order valence-corrected chi connectivity index (χ1v) is 9.20. The number of pyridine rings is 2. The Labute approximate surface area is 172 Å². The van der Waals surface area contributed by atoms with Gasteiger partial charge in [0.1, 0.15) is 5.69 Å². The molecule has 2 aromatic heterocycles. The van der Waals surface area contributed by atoms with Crippen LogP contribution in [-0.2, 0) is 4.74 Å². The molecule has 2 aromatic carbocycles. The Balaban J connectivity index is 1.45. The van der Waals surface area contributed by atoms with Gasteiger partial charge in [-0.1, -0.05) is 18.2 Å². The molecule has 2 N–H and O–H groups in total. The van der Waals surface area contributed by atoms with Gasteiger partial charge in [-0.2, -0.15) is 0 Å². The number of fused-ring (bicyclic) bond motifs is 1. The Bertz CT molecular complexity index is 1200. The second-order valence-electron chi connectivity index (χ2n) is 6.46. The van der Waals surface area contributed by atoms with Crippen molar-refractivity contribution < 1.29 is 14.3 Å². The topological polar surface area (TPSA) is 93.2 Å². The molecule has 0 bridgehead atoms. The van der Waals surface area contributed by atoms with Crippen LogP contribution in [0.2, 0.25) is 0 Å². The van der Waals surface area contributed by atoms with E-state index in [0.717, 1.165) is 22.3 Å². The molecule has 7 nitrogen and oxygen atoms in total. The van der Waals surface area contributed by atoms with Crippen LogP contribution in [0, 0.1) is 0 Å². The summed E-state index contributed by atoms with van der Waals surface area (Å²) in [5, 5.41) is 7.07. The number of nitrogens with zero attached hydrogens (tertiary/aromatic N) is 2. The van der Waals surface area contributed by atoms with E-state index in [2.05, 4.69) is 25.3 Å². The molecule has 1 amide bonds. The molecule has 0 aliphatic heterocycles. The molecule has 0 fully saturated rings. The molecule has 30 heavy (non-hydrogen) atoms. The summed E-state index contributed by atoms with van der Waals surface area (Å²) in [6, 6.07) is 19.6. The van der Waals surface area contributed by atoms with Crippen molar-refractivity contribution in [2.24, 2.45) is 0 Å². The van der Waals surface area contributed by atoms with Crippen molar-refractivity contribution in [3.05, 3.63) is 90.4 Å². The number of para-hydroxylation sites is 1. The number of carbonyl (C=O) groups excluding carboxylic acids is 2. The number of carbonyl (C=O) groups is 2. The quantitative estimate of drug-likeness (QED) is 0.484. The lowest BCUT2D eigenvalue weighted by atomic mass is 10.2. The number of hydrogen-bond donors (Lipinski definition) is 2. The molecule has 4 rings (SSSR count). The van der Waals surface area contributed by atoms with Gasteiger partial charge in [-0.3, -0.25) is 9.78 Å². The summed E-state index contributed by atoms with van der Waals surface area (Å²) in [4.78, 5) is 32.6. The van der Waals surface area contributed by atoms with Crippen molar-refractivity contribution >= 4 is 39.8 Å². The molecule has 4 aromatic rings. The molecule has 0 aliphatic carbocycles. The monoisotopic (exact) mass is 398 g/mol. The van der Waals surface area contributed by atoms with Crippen LogP contribution in [0.25, 0.3) is 10.9 Å². The molecule has 2 heterocycles. The first-order valence-electron chi connectivity index (χ1n) is 9.20. The Hall–Kier alpha value is -4.26. The minimum absolute atomic E-state index is 0.272. The van der Waals surface area contributed by atoms with Crippen molar-refractivity contribution in [2.45, 2.75) is 0 Å². The lowest BCUT2D eigenvalue weighted by molar-refractivity contribution is 0.0600. The Morgan fingerprint density at radius 1 is 0.867 bits per heavy atom. The fraction of sp³-hybridized carbons (Fsp3) is 0.0435. The SMILES string of the molecule is COC(=O)c1ccc(NC(=O)c2ccc(Nc3cccc4cccnc34)cn2)cc1. The number of aromatic nitrogens is 2. The zero-order valence-electron chi connectivity index (χ0n) is 16.1. The Morgan fingerprint density at radius 3 is 2.37 bits per heavy atom. The van der Waals surface area contributed by atoms with Crippen LogP contribution in [0.3, 0.4) is 0 Å². The summed E-state index contributed by atoms with van der Waals surface area (Å²) in [7, 11) is 1.32. The van der Waals surface area contributed by atoms with E-state index in [1.165, 1.54) is 7.11 Å². The zero-order valence-corrected chi connectivity index (χ0v) is 16.1. The molecule has 0 saturated heterocycles. The molecule has 0 spiro atoms. The summed E-state index contributed by atoms with van der Waals surface area (Å²) in [6.07, 6.45) is 3.34. The van der Waals surface area contributed by atoms with Crippen LogP contribution in [-0.4, -0.2) is 29.0 Å². The van der Waals surface area contributed by atoms with Crippen molar-refractivity contribution in [3.63, 3.8) is 0 Å². The second-order valence-corrected chi connectivity index (χ2v) is 6.46. The van der Waals surface area contributed by atoms with Gasteiger partial charge in [0.05, 0.1) is 35.8 Å². The highest BCUT2D eigenvalue weighted by molar-refractivity contribution is 6.03. The van der Waals surface area contributed by atoms with Crippen LogP contribution in [0.4, 0.5) is 17.1 Å². The van der Waals surface area contributed by atoms with Gasteiger partial charge in [-0.25, -0.2) is 9.78 Å². The third-order valence-electron chi connectivity index (χ3n) is 4.47. The predicted molar refractivity (Wildman–Crippen MR) is 115 cm³/mol. The molecule has 148 valence electrons. The van der Waals surface area contributed by atoms with E-state index < -0.39 is 5.97 Å². The fourth-order valence-corrected chi connectivity index (χ4v) is 2.97. The minimum Gasteiger partial charge on any atom is -0.465 e. The first-order chi connectivity index (χ1) is 14.6. The lowest BCUT2D eigenvalue weighted by Crippen LogP contribution is -2.13. The Kier molecular flexibility index (Phi) is 5.34. The molecule has 0 unspecified atom stereocenters. The summed E-state index contributed by atoms with van der Waals surface area (Å²) >= 11 is 0. The number of amides is 1. The highest BCUT2D eigenvalue weighted by atomic mass is 16.5. The van der Waals surface area contributed by atoms with E-state index in [1.54, 1.807) is 48.8 Å². The number of rotatable bonds is 5. The van der Waals surface area contributed by atoms with Crippen LogP contribution >= 0.6 is 0 Å². The van der Waals surface area contributed by atoms with Crippen molar-refractivity contribution in [1.29, 1.82) is 0 Å². The maximum atomic E-state index is 12.4. The average molecular weight is 398 g/mol. The van der Waals surface area contributed by atoms with Gasteiger partial charge in [-0.05, 0) is 48.5 Å². The van der Waals surface area contributed by atoms with Gasteiger partial charge in [0, 0.05) is 17.3 Å². The van der Waals surface area contributed by atoms with Gasteiger partial charge in [0.2, 0.25) is 0 Å². The van der Waals surface area contributed by atoms with E-state index in [1.807, 2.05) is 30.3 Å². The standard InChI is InChI=1S/C23H18N4O3/c1-30-23(29)16-7-9-17(10-8-16)27-22(28)20-12-11-18(14-25-20)26-19-6-2-4-15-5-3-13-24-21(15)19/h2-14,26H,1H3,(H,27,28). The van der Waals surface area contributed by atoms with Gasteiger partial charge >= 0.3 is 5.97 Å². The van der Waals surface area contributed by atoms with Crippen molar-refractivity contribution in [3.8, 4) is 0 Å². The summed E-state index contributed by atoms with van der Waals surface area (Å²) in [6.45, 7) is 0. The maximum absolute atomic E-state index is 12.4. The lowest BCUT2D eigenvalue weighted by Gasteiger charge is -2.10. The van der Waals surface area contributed by atoms with E-state index in [0.29, 0.717) is 11.3 Å². The van der Waals surface area contributed by atoms with Gasteiger partial charge in [0.25, 0.3) is 5.91 Å². The minimum atomic E-state index is -0.431. The molecule has 0 atom stereocenters. The van der Waals surface area contributed by atoms with Crippen LogP contribution in [0.15, 0.2) is 79.1 Å². The van der Waals surface area contributed by atoms with Crippen molar-refractivity contribution in [1.82, 2.24) is 9.97 Å². The largest absolute Gasteiger partial charge is 0.465 e. The molecular formula is C23H18N4O3. The van der Waals surface area contributed by atoms with Crippen LogP contribution in [0.5, 0.6) is 0 Å². The van der Waals surface area contributed by atoms with Gasteiger partial charge in [-0.15, -0.1) is 0 Å². The van der Waals surface area contributed by atoms with E-state index in [9.17, 15) is 9.59 Å². The first kappa shape index (κ1) is 19.1. The second kappa shape index (κ2) is 8.40. The fourth-order valence-electron chi connectivity index (χ4n) is 2.97. The van der Waals surface area contributed by atoms with Crippen LogP contribution in [0.1, 0.15) is 20.8 Å². The summed E-state index contributed by atoms with van der Waals surface area (Å²) in [5.41, 5.74) is 3.70. The average Bonchev–Trinajstić information content (AvgIpc) is 2.80. The normalized spacial score (nSPS) is 10.4. The zero-order chi connectivity index (χ0) is 20.9. The number of hydrogen-bond acceptors (Lipinski definition) is 6. The van der Waals surface area contributed by atoms with Crippen molar-refractivity contribution in [2.75, 3.05) is 17.7 Å². The molecule has 0 aliphatic rings. The number of ether oxygens (including phenoxy) is 1. The summed E-state index contributed by atoms with van der Waals surface area (Å²) in [5.74, 6) is -0.779. The number of esters is 1. The Morgan fingerprint density at radius 2 is 1.63 bits per heavy atom. The molecule has 0 radical (unpaired) electrons. The number of benzene rings is 2.